The smallest absolute Gasteiger partial charge is 0.338 e. The third-order valence-electron chi connectivity index (χ3n) is 6.47. The fraction of sp³-hybridized carbons (Fsp3) is 0.233. The Balaban J connectivity index is 1.75. The van der Waals surface area contributed by atoms with Crippen LogP contribution in [-0.2, 0) is 9.53 Å². The van der Waals surface area contributed by atoms with E-state index in [9.17, 15) is 9.59 Å². The van der Waals surface area contributed by atoms with E-state index in [-0.39, 0.29) is 12.2 Å². The Kier molecular flexibility index (Phi) is 7.72. The first-order chi connectivity index (χ1) is 18.9. The minimum Gasteiger partial charge on any atom is -0.493 e. The zero-order valence-electron chi connectivity index (χ0n) is 22.0. The lowest BCUT2D eigenvalue weighted by Gasteiger charge is -2.25. The maximum atomic E-state index is 14.0. The van der Waals surface area contributed by atoms with Gasteiger partial charge in [-0.1, -0.05) is 53.8 Å². The van der Waals surface area contributed by atoms with E-state index in [0.29, 0.717) is 38.7 Å². The van der Waals surface area contributed by atoms with Crippen molar-refractivity contribution in [3.8, 4) is 11.5 Å². The molecule has 4 aromatic rings. The topological polar surface area (TPSA) is 79.1 Å². The highest BCUT2D eigenvalue weighted by Crippen LogP contribution is 2.37. The average Bonchev–Trinajstić information content (AvgIpc) is 3.23. The van der Waals surface area contributed by atoms with Gasteiger partial charge in [-0.05, 0) is 76.8 Å². The van der Waals surface area contributed by atoms with Crippen molar-refractivity contribution in [2.75, 3.05) is 20.3 Å². The van der Waals surface area contributed by atoms with Crippen molar-refractivity contribution in [2.45, 2.75) is 26.8 Å². The van der Waals surface area contributed by atoms with E-state index in [1.54, 1.807) is 31.6 Å². The van der Waals surface area contributed by atoms with Gasteiger partial charge >= 0.3 is 5.97 Å². The van der Waals surface area contributed by atoms with Gasteiger partial charge in [0.1, 0.15) is 0 Å². The summed E-state index contributed by atoms with van der Waals surface area (Å²) in [5.41, 5.74) is 2.25. The molecule has 0 bridgehead atoms. The molecular weight excluding hydrogens is 580 g/mol. The number of carbonyl (C=O) groups is 1. The monoisotopic (exact) mass is 606 g/mol. The lowest BCUT2D eigenvalue weighted by Crippen LogP contribution is -2.40. The van der Waals surface area contributed by atoms with Crippen molar-refractivity contribution in [3.05, 3.63) is 101 Å². The highest BCUT2D eigenvalue weighted by Gasteiger charge is 2.34. The van der Waals surface area contributed by atoms with Gasteiger partial charge < -0.3 is 14.2 Å². The number of halogens is 1. The van der Waals surface area contributed by atoms with Gasteiger partial charge in [-0.2, -0.15) is 0 Å². The lowest BCUT2D eigenvalue weighted by molar-refractivity contribution is -0.139. The number of fused-ring (bicyclic) bond motifs is 2. The first-order valence-electron chi connectivity index (χ1n) is 12.6. The first-order valence-corrected chi connectivity index (χ1v) is 14.2. The molecule has 3 aromatic carbocycles. The van der Waals surface area contributed by atoms with Gasteiger partial charge in [-0.3, -0.25) is 9.36 Å². The Labute approximate surface area is 237 Å². The van der Waals surface area contributed by atoms with Crippen molar-refractivity contribution in [1.82, 2.24) is 4.57 Å². The van der Waals surface area contributed by atoms with Crippen molar-refractivity contribution >= 4 is 50.1 Å². The van der Waals surface area contributed by atoms with Crippen molar-refractivity contribution < 1.29 is 19.0 Å². The van der Waals surface area contributed by atoms with Crippen LogP contribution in [0.3, 0.4) is 0 Å². The second-order valence-corrected chi connectivity index (χ2v) is 10.7. The number of allylic oxidation sites excluding steroid dienone is 1. The molecule has 0 N–H and O–H groups in total. The summed E-state index contributed by atoms with van der Waals surface area (Å²) < 4.78 is 19.5. The Bertz CT molecular complexity index is 1800. The third kappa shape index (κ3) is 4.92. The number of ether oxygens (including phenoxy) is 3. The number of methoxy groups -OCH3 is 1. The summed E-state index contributed by atoms with van der Waals surface area (Å²) in [5, 5.41) is 1.97. The molecule has 5 rings (SSSR count). The highest BCUT2D eigenvalue weighted by atomic mass is 79.9. The molecule has 0 fully saturated rings. The van der Waals surface area contributed by atoms with E-state index >= 15 is 0 Å². The maximum Gasteiger partial charge on any atom is 0.338 e. The standard InChI is InChI=1S/C30H27BrN2O5S/c1-5-37-27-22(31)14-18(15-23(27)36-4)16-24-28(34)33-26(21-13-9-11-19-10-7-8-12-20(19)21)25(29(35)38-6-2)17(3)32-30(33)39-24/h7-16,26H,5-6H2,1-4H3/b24-16+/t26-/m0/s1. The van der Waals surface area contributed by atoms with Crippen LogP contribution in [0, 0.1) is 0 Å². The van der Waals surface area contributed by atoms with Crippen LogP contribution in [-0.4, -0.2) is 30.9 Å². The van der Waals surface area contributed by atoms with Crippen LogP contribution < -0.4 is 24.4 Å². The molecule has 1 atom stereocenters. The van der Waals surface area contributed by atoms with E-state index in [1.807, 2.05) is 61.5 Å². The van der Waals surface area contributed by atoms with Gasteiger partial charge in [-0.25, -0.2) is 9.79 Å². The Morgan fingerprint density at radius 3 is 2.64 bits per heavy atom. The summed E-state index contributed by atoms with van der Waals surface area (Å²) in [6, 6.07) is 16.9. The summed E-state index contributed by atoms with van der Waals surface area (Å²) >= 11 is 4.84. The molecule has 1 aliphatic rings. The Morgan fingerprint density at radius 2 is 1.90 bits per heavy atom. The molecule has 2 heterocycles. The second-order valence-electron chi connectivity index (χ2n) is 8.84. The van der Waals surface area contributed by atoms with Gasteiger partial charge in [0.05, 0.1) is 46.6 Å². The average molecular weight is 608 g/mol. The van der Waals surface area contributed by atoms with E-state index < -0.39 is 12.0 Å². The predicted octanol–water partition coefficient (Wildman–Crippen LogP) is 5.12. The van der Waals surface area contributed by atoms with Crippen LogP contribution in [0.25, 0.3) is 16.8 Å². The minimum atomic E-state index is -0.685. The van der Waals surface area contributed by atoms with E-state index in [4.69, 9.17) is 14.2 Å². The van der Waals surface area contributed by atoms with Crippen molar-refractivity contribution in [2.24, 2.45) is 4.99 Å². The molecule has 0 amide bonds. The van der Waals surface area contributed by atoms with Gasteiger partial charge in [-0.15, -0.1) is 0 Å². The number of esters is 1. The largest absolute Gasteiger partial charge is 0.493 e. The van der Waals surface area contributed by atoms with Gasteiger partial charge in [0, 0.05) is 0 Å². The van der Waals surface area contributed by atoms with Crippen molar-refractivity contribution in [1.29, 1.82) is 0 Å². The molecule has 200 valence electrons. The number of thiazole rings is 1. The first kappa shape index (κ1) is 26.9. The summed E-state index contributed by atoms with van der Waals surface area (Å²) in [4.78, 5) is 32.5. The lowest BCUT2D eigenvalue weighted by atomic mass is 9.91. The number of hydrogen-bond donors (Lipinski definition) is 0. The molecule has 9 heteroatoms. The molecule has 0 aliphatic carbocycles. The van der Waals surface area contributed by atoms with Crippen molar-refractivity contribution in [3.63, 3.8) is 0 Å². The third-order valence-corrected chi connectivity index (χ3v) is 8.05. The number of benzene rings is 3. The van der Waals surface area contributed by atoms with Crippen LogP contribution in [0.5, 0.6) is 11.5 Å². The molecule has 39 heavy (non-hydrogen) atoms. The van der Waals surface area contributed by atoms with E-state index in [2.05, 4.69) is 20.9 Å². The van der Waals surface area contributed by atoms with Crippen LogP contribution in [0.4, 0.5) is 0 Å². The fourth-order valence-electron chi connectivity index (χ4n) is 4.83. The molecule has 0 saturated heterocycles. The fourth-order valence-corrected chi connectivity index (χ4v) is 6.45. The summed E-state index contributed by atoms with van der Waals surface area (Å²) in [5.74, 6) is 0.676. The van der Waals surface area contributed by atoms with Crippen LogP contribution in [0.15, 0.2) is 80.1 Å². The normalized spacial score (nSPS) is 15.2. The quantitative estimate of drug-likeness (QED) is 0.273. The van der Waals surface area contributed by atoms with Crippen LogP contribution >= 0.6 is 27.3 Å². The number of nitrogens with zero attached hydrogens (tertiary/aromatic N) is 2. The molecule has 0 radical (unpaired) electrons. The molecule has 0 saturated carbocycles. The summed E-state index contributed by atoms with van der Waals surface area (Å²) in [6.07, 6.45) is 1.80. The molecule has 1 aromatic heterocycles. The van der Waals surface area contributed by atoms with E-state index in [1.165, 1.54) is 11.3 Å². The minimum absolute atomic E-state index is 0.219. The highest BCUT2D eigenvalue weighted by molar-refractivity contribution is 9.10. The molecule has 1 aliphatic heterocycles. The van der Waals surface area contributed by atoms with Crippen LogP contribution in [0.1, 0.15) is 37.9 Å². The van der Waals surface area contributed by atoms with Crippen LogP contribution in [0.2, 0.25) is 0 Å². The van der Waals surface area contributed by atoms with Gasteiger partial charge in [0.2, 0.25) is 0 Å². The Hall–Kier alpha value is -3.69. The predicted molar refractivity (Wildman–Crippen MR) is 156 cm³/mol. The Morgan fingerprint density at radius 1 is 1.13 bits per heavy atom. The zero-order valence-corrected chi connectivity index (χ0v) is 24.4. The maximum absolute atomic E-state index is 14.0. The molecular formula is C30H27BrN2O5S. The second kappa shape index (κ2) is 11.2. The summed E-state index contributed by atoms with van der Waals surface area (Å²) in [7, 11) is 1.58. The molecule has 0 spiro atoms. The number of aromatic nitrogens is 1. The number of hydrogen-bond acceptors (Lipinski definition) is 7. The number of rotatable bonds is 7. The zero-order chi connectivity index (χ0) is 27.7. The van der Waals surface area contributed by atoms with E-state index in [0.717, 1.165) is 26.4 Å². The SMILES string of the molecule is CCOC(=O)C1=C(C)N=c2s/c(=C/c3cc(Br)c(OCC)c(OC)c3)c(=O)n2[C@H]1c1cccc2ccccc12. The summed E-state index contributed by atoms with van der Waals surface area (Å²) in [6.45, 7) is 6.16. The molecule has 0 unspecified atom stereocenters. The van der Waals surface area contributed by atoms with Gasteiger partial charge in [0.15, 0.2) is 16.3 Å². The van der Waals surface area contributed by atoms with Gasteiger partial charge in [0.25, 0.3) is 5.56 Å². The number of carbonyl (C=O) groups excluding carboxylic acids is 1. The molecule has 7 nitrogen and oxygen atoms in total.